The first-order valence-electron chi connectivity index (χ1n) is 6.27. The number of amides is 1. The fourth-order valence-electron chi connectivity index (χ4n) is 1.94. The summed E-state index contributed by atoms with van der Waals surface area (Å²) in [4.78, 5) is 23.0. The number of halogens is 2. The predicted octanol–water partition coefficient (Wildman–Crippen LogP) is 2.27. The van der Waals surface area contributed by atoms with E-state index < -0.39 is 35.5 Å². The monoisotopic (exact) mass is 285 g/mol. The molecule has 110 valence electrons. The Hall–Kier alpha value is -1.98. The molecule has 0 bridgehead atoms. The van der Waals surface area contributed by atoms with Crippen molar-refractivity contribution in [3.05, 3.63) is 35.4 Å². The maximum Gasteiger partial charge on any atom is 0.329 e. The summed E-state index contributed by atoms with van der Waals surface area (Å²) in [5.74, 6) is -3.56. The SMILES string of the molecule is CCCC(C)(NC(=O)Cc1c(F)cccc1F)C(=O)O. The van der Waals surface area contributed by atoms with Gasteiger partial charge in [-0.1, -0.05) is 19.4 Å². The third-order valence-electron chi connectivity index (χ3n) is 3.04. The number of carbonyl (C=O) groups is 2. The van der Waals surface area contributed by atoms with Crippen LogP contribution in [0.25, 0.3) is 0 Å². The highest BCUT2D eigenvalue weighted by molar-refractivity contribution is 5.87. The van der Waals surface area contributed by atoms with Gasteiger partial charge in [-0.3, -0.25) is 4.79 Å². The number of hydrogen-bond donors (Lipinski definition) is 2. The topological polar surface area (TPSA) is 66.4 Å². The molecule has 1 aromatic carbocycles. The third-order valence-corrected chi connectivity index (χ3v) is 3.04. The van der Waals surface area contributed by atoms with Gasteiger partial charge in [0, 0.05) is 5.56 Å². The number of aliphatic carboxylic acids is 1. The highest BCUT2D eigenvalue weighted by Gasteiger charge is 2.34. The summed E-state index contributed by atoms with van der Waals surface area (Å²) >= 11 is 0. The Labute approximate surface area is 115 Å². The van der Waals surface area contributed by atoms with Gasteiger partial charge in [0.25, 0.3) is 0 Å². The van der Waals surface area contributed by atoms with Gasteiger partial charge in [0.1, 0.15) is 17.2 Å². The van der Waals surface area contributed by atoms with Crippen LogP contribution < -0.4 is 5.32 Å². The lowest BCUT2D eigenvalue weighted by atomic mass is 9.95. The quantitative estimate of drug-likeness (QED) is 0.842. The van der Waals surface area contributed by atoms with Crippen molar-refractivity contribution in [1.29, 1.82) is 0 Å². The van der Waals surface area contributed by atoms with Crippen molar-refractivity contribution in [2.45, 2.75) is 38.6 Å². The molecule has 0 aromatic heterocycles. The van der Waals surface area contributed by atoms with Gasteiger partial charge in [-0.25, -0.2) is 13.6 Å². The molecule has 0 saturated heterocycles. The molecule has 1 unspecified atom stereocenters. The Kier molecular flexibility index (Phi) is 5.19. The van der Waals surface area contributed by atoms with Crippen molar-refractivity contribution in [2.24, 2.45) is 0 Å². The van der Waals surface area contributed by atoms with Crippen LogP contribution in [-0.2, 0) is 16.0 Å². The molecule has 0 spiro atoms. The van der Waals surface area contributed by atoms with Gasteiger partial charge in [-0.05, 0) is 25.5 Å². The lowest BCUT2D eigenvalue weighted by Crippen LogP contribution is -2.52. The summed E-state index contributed by atoms with van der Waals surface area (Å²) in [6.45, 7) is 3.15. The predicted molar refractivity (Wildman–Crippen MR) is 69.2 cm³/mol. The second-order valence-electron chi connectivity index (χ2n) is 4.81. The molecule has 0 fully saturated rings. The van der Waals surface area contributed by atoms with E-state index in [1.165, 1.54) is 13.0 Å². The molecule has 4 nitrogen and oxygen atoms in total. The van der Waals surface area contributed by atoms with Crippen LogP contribution >= 0.6 is 0 Å². The molecular weight excluding hydrogens is 268 g/mol. The molecule has 1 atom stereocenters. The number of nitrogens with one attached hydrogen (secondary N) is 1. The van der Waals surface area contributed by atoms with E-state index in [0.717, 1.165) is 12.1 Å². The first-order valence-corrected chi connectivity index (χ1v) is 6.27. The smallest absolute Gasteiger partial charge is 0.329 e. The standard InChI is InChI=1S/C14H17F2NO3/c1-3-7-14(2,13(19)20)17-12(18)8-9-10(15)5-4-6-11(9)16/h4-6H,3,7-8H2,1-2H3,(H,17,18)(H,19,20). The molecule has 0 heterocycles. The fourth-order valence-corrected chi connectivity index (χ4v) is 1.94. The summed E-state index contributed by atoms with van der Waals surface area (Å²) in [6, 6.07) is 3.30. The highest BCUT2D eigenvalue weighted by Crippen LogP contribution is 2.16. The third kappa shape index (κ3) is 3.76. The molecule has 2 N–H and O–H groups in total. The number of carboxylic acid groups (broad SMARTS) is 1. The Balaban J connectivity index is 2.84. The average Bonchev–Trinajstić information content (AvgIpc) is 2.34. The number of carbonyl (C=O) groups excluding carboxylic acids is 1. The van der Waals surface area contributed by atoms with Gasteiger partial charge in [0.15, 0.2) is 0 Å². The van der Waals surface area contributed by atoms with E-state index in [-0.39, 0.29) is 12.0 Å². The first-order chi connectivity index (χ1) is 9.30. The Morgan fingerprint density at radius 2 is 1.85 bits per heavy atom. The van der Waals surface area contributed by atoms with Crippen molar-refractivity contribution in [3.8, 4) is 0 Å². The van der Waals surface area contributed by atoms with Crippen LogP contribution in [0.5, 0.6) is 0 Å². The first kappa shape index (κ1) is 16.1. The molecule has 0 aliphatic rings. The zero-order valence-corrected chi connectivity index (χ0v) is 11.4. The van der Waals surface area contributed by atoms with Crippen LogP contribution in [-0.4, -0.2) is 22.5 Å². The maximum absolute atomic E-state index is 13.4. The van der Waals surface area contributed by atoms with E-state index in [1.54, 1.807) is 6.92 Å². The summed E-state index contributed by atoms with van der Waals surface area (Å²) in [6.07, 6.45) is 0.246. The Bertz CT molecular complexity index is 499. The van der Waals surface area contributed by atoms with Crippen LogP contribution in [0.2, 0.25) is 0 Å². The average molecular weight is 285 g/mol. The zero-order valence-electron chi connectivity index (χ0n) is 11.4. The highest BCUT2D eigenvalue weighted by atomic mass is 19.1. The minimum absolute atomic E-state index is 0.230. The van der Waals surface area contributed by atoms with Crippen LogP contribution in [0.1, 0.15) is 32.3 Å². The van der Waals surface area contributed by atoms with Gasteiger partial charge in [0.05, 0.1) is 6.42 Å². The van der Waals surface area contributed by atoms with Crippen molar-refractivity contribution in [2.75, 3.05) is 0 Å². The zero-order chi connectivity index (χ0) is 15.3. The second-order valence-corrected chi connectivity index (χ2v) is 4.81. The molecular formula is C14H17F2NO3. The van der Waals surface area contributed by atoms with Gasteiger partial charge in [-0.2, -0.15) is 0 Å². The fraction of sp³-hybridized carbons (Fsp3) is 0.429. The number of hydrogen-bond acceptors (Lipinski definition) is 2. The van der Waals surface area contributed by atoms with Crippen molar-refractivity contribution >= 4 is 11.9 Å². The maximum atomic E-state index is 13.4. The van der Waals surface area contributed by atoms with E-state index in [0.29, 0.717) is 6.42 Å². The second kappa shape index (κ2) is 6.45. The lowest BCUT2D eigenvalue weighted by Gasteiger charge is -2.25. The molecule has 0 aliphatic carbocycles. The Morgan fingerprint density at radius 1 is 1.30 bits per heavy atom. The van der Waals surface area contributed by atoms with Gasteiger partial charge >= 0.3 is 5.97 Å². The number of benzene rings is 1. The van der Waals surface area contributed by atoms with E-state index in [2.05, 4.69) is 5.32 Å². The van der Waals surface area contributed by atoms with Gasteiger partial charge in [-0.15, -0.1) is 0 Å². The number of carboxylic acids is 1. The van der Waals surface area contributed by atoms with E-state index in [4.69, 9.17) is 5.11 Å². The van der Waals surface area contributed by atoms with E-state index in [1.807, 2.05) is 0 Å². The van der Waals surface area contributed by atoms with Crippen LogP contribution in [0.4, 0.5) is 8.78 Å². The van der Waals surface area contributed by atoms with Crippen molar-refractivity contribution < 1.29 is 23.5 Å². The van der Waals surface area contributed by atoms with E-state index in [9.17, 15) is 18.4 Å². The van der Waals surface area contributed by atoms with Gasteiger partial charge < -0.3 is 10.4 Å². The molecule has 1 rings (SSSR count). The molecule has 20 heavy (non-hydrogen) atoms. The van der Waals surface area contributed by atoms with Gasteiger partial charge in [0.2, 0.25) is 5.91 Å². The normalized spacial score (nSPS) is 13.6. The number of rotatable bonds is 6. The van der Waals surface area contributed by atoms with Crippen LogP contribution in [0.3, 0.4) is 0 Å². The summed E-state index contributed by atoms with van der Waals surface area (Å²) in [7, 11) is 0. The molecule has 6 heteroatoms. The molecule has 1 aromatic rings. The molecule has 1 amide bonds. The minimum atomic E-state index is -1.44. The van der Waals surface area contributed by atoms with Crippen LogP contribution in [0.15, 0.2) is 18.2 Å². The summed E-state index contributed by atoms with van der Waals surface area (Å²) in [5.41, 5.74) is -1.80. The van der Waals surface area contributed by atoms with E-state index >= 15 is 0 Å². The largest absolute Gasteiger partial charge is 0.480 e. The molecule has 0 radical (unpaired) electrons. The Morgan fingerprint density at radius 3 is 2.30 bits per heavy atom. The molecule has 0 aliphatic heterocycles. The summed E-state index contributed by atoms with van der Waals surface area (Å²) < 4.78 is 26.8. The molecule has 0 saturated carbocycles. The minimum Gasteiger partial charge on any atom is -0.480 e. The van der Waals surface area contributed by atoms with Crippen molar-refractivity contribution in [1.82, 2.24) is 5.32 Å². The lowest BCUT2D eigenvalue weighted by molar-refractivity contribution is -0.147. The van der Waals surface area contributed by atoms with Crippen LogP contribution in [0, 0.1) is 11.6 Å². The van der Waals surface area contributed by atoms with Crippen molar-refractivity contribution in [3.63, 3.8) is 0 Å². The summed E-state index contributed by atoms with van der Waals surface area (Å²) in [5, 5.41) is 11.4.